The average molecular weight is 143 g/mol. The van der Waals surface area contributed by atoms with Crippen LogP contribution < -0.4 is 5.73 Å². The normalized spacial score (nSPS) is 13.6. The van der Waals surface area contributed by atoms with Crippen LogP contribution in [0.3, 0.4) is 0 Å². The molecule has 0 aliphatic rings. The van der Waals surface area contributed by atoms with Crippen molar-refractivity contribution in [1.29, 1.82) is 0 Å². The van der Waals surface area contributed by atoms with E-state index in [1.807, 2.05) is 16.8 Å². The van der Waals surface area contributed by atoms with E-state index in [0.29, 0.717) is 6.42 Å². The Hall–Kier alpha value is -0.380. The van der Waals surface area contributed by atoms with Crippen molar-refractivity contribution in [1.82, 2.24) is 0 Å². The molecular weight excluding hydrogens is 134 g/mol. The molecule has 3 N–H and O–H groups in total. The molecule has 0 fully saturated rings. The van der Waals surface area contributed by atoms with Gasteiger partial charge in [-0.3, -0.25) is 0 Å². The first-order valence-electron chi connectivity index (χ1n) is 2.74. The molecule has 0 bridgehead atoms. The molecule has 1 rings (SSSR count). The molecule has 1 heterocycles. The molecule has 0 saturated carbocycles. The highest BCUT2D eigenvalue weighted by atomic mass is 32.1. The zero-order valence-corrected chi connectivity index (χ0v) is 5.77. The van der Waals surface area contributed by atoms with E-state index in [4.69, 9.17) is 10.8 Å². The Morgan fingerprint density at radius 2 is 2.56 bits per heavy atom. The van der Waals surface area contributed by atoms with E-state index in [0.717, 1.165) is 5.56 Å². The Morgan fingerprint density at radius 1 is 1.78 bits per heavy atom. The molecule has 0 aliphatic heterocycles. The highest BCUT2D eigenvalue weighted by molar-refractivity contribution is 7.07. The van der Waals surface area contributed by atoms with Crippen LogP contribution in [0.5, 0.6) is 0 Å². The topological polar surface area (TPSA) is 46.2 Å². The predicted molar refractivity (Wildman–Crippen MR) is 38.2 cm³/mol. The van der Waals surface area contributed by atoms with Gasteiger partial charge in [0.15, 0.2) is 0 Å². The lowest BCUT2D eigenvalue weighted by Crippen LogP contribution is -2.20. The molecule has 50 valence electrons. The van der Waals surface area contributed by atoms with Gasteiger partial charge in [0.05, 0.1) is 0 Å². The van der Waals surface area contributed by atoms with Gasteiger partial charge < -0.3 is 10.8 Å². The Labute approximate surface area is 57.9 Å². The summed E-state index contributed by atoms with van der Waals surface area (Å²) in [5, 5.41) is 12.7. The molecule has 0 aliphatic carbocycles. The van der Waals surface area contributed by atoms with Crippen molar-refractivity contribution in [3.8, 4) is 0 Å². The fraction of sp³-hybridized carbons (Fsp3) is 0.333. The standard InChI is InChI=1S/C6H9NOS/c7-6(8)3-5-1-2-9-4-5/h1-2,4,6,8H,3,7H2. The third-order valence-electron chi connectivity index (χ3n) is 1.02. The van der Waals surface area contributed by atoms with E-state index >= 15 is 0 Å². The van der Waals surface area contributed by atoms with Crippen LogP contribution in [-0.2, 0) is 6.42 Å². The number of rotatable bonds is 2. The summed E-state index contributed by atoms with van der Waals surface area (Å²) in [5.41, 5.74) is 6.25. The van der Waals surface area contributed by atoms with E-state index in [9.17, 15) is 0 Å². The molecule has 0 aromatic carbocycles. The molecule has 0 saturated heterocycles. The molecule has 1 aromatic rings. The fourth-order valence-electron chi connectivity index (χ4n) is 0.650. The highest BCUT2D eigenvalue weighted by Crippen LogP contribution is 2.06. The first kappa shape index (κ1) is 6.74. The van der Waals surface area contributed by atoms with Crippen LogP contribution in [0.1, 0.15) is 5.56 Å². The lowest BCUT2D eigenvalue weighted by atomic mass is 10.2. The molecule has 1 unspecified atom stereocenters. The van der Waals surface area contributed by atoms with Crippen LogP contribution in [-0.4, -0.2) is 11.3 Å². The van der Waals surface area contributed by atoms with Gasteiger partial charge in [-0.25, -0.2) is 0 Å². The zero-order chi connectivity index (χ0) is 6.69. The summed E-state index contributed by atoms with van der Waals surface area (Å²) in [7, 11) is 0. The van der Waals surface area contributed by atoms with Crippen LogP contribution in [0.15, 0.2) is 16.8 Å². The molecule has 0 radical (unpaired) electrons. The zero-order valence-electron chi connectivity index (χ0n) is 4.95. The van der Waals surface area contributed by atoms with E-state index in [1.54, 1.807) is 11.3 Å². The third-order valence-corrected chi connectivity index (χ3v) is 1.76. The minimum Gasteiger partial charge on any atom is -0.378 e. The SMILES string of the molecule is NC(O)Cc1ccsc1. The summed E-state index contributed by atoms with van der Waals surface area (Å²) < 4.78 is 0. The van der Waals surface area contributed by atoms with Gasteiger partial charge in [-0.05, 0) is 22.4 Å². The molecular formula is C6H9NOS. The smallest absolute Gasteiger partial charge is 0.106 e. The molecule has 0 amide bonds. The third kappa shape index (κ3) is 2.13. The predicted octanol–water partition coefficient (Wildman–Crippen LogP) is 0.568. The summed E-state index contributed by atoms with van der Waals surface area (Å²) in [6.07, 6.45) is -0.150. The number of hydrogen-bond donors (Lipinski definition) is 2. The summed E-state index contributed by atoms with van der Waals surface area (Å²) in [5.74, 6) is 0. The summed E-state index contributed by atoms with van der Waals surface area (Å²) in [6, 6.07) is 1.96. The highest BCUT2D eigenvalue weighted by Gasteiger charge is 1.97. The molecule has 2 nitrogen and oxygen atoms in total. The molecule has 9 heavy (non-hydrogen) atoms. The van der Waals surface area contributed by atoms with Crippen molar-refractivity contribution in [3.63, 3.8) is 0 Å². The summed E-state index contributed by atoms with van der Waals surface area (Å²) in [4.78, 5) is 0. The average Bonchev–Trinajstić information content (AvgIpc) is 2.15. The lowest BCUT2D eigenvalue weighted by molar-refractivity contribution is 0.183. The van der Waals surface area contributed by atoms with Crippen molar-refractivity contribution >= 4 is 11.3 Å². The van der Waals surface area contributed by atoms with Crippen LogP contribution in [0.25, 0.3) is 0 Å². The molecule has 0 spiro atoms. The molecule has 1 atom stereocenters. The second-order valence-corrected chi connectivity index (χ2v) is 2.68. The monoisotopic (exact) mass is 143 g/mol. The fourth-order valence-corrected chi connectivity index (χ4v) is 1.33. The van der Waals surface area contributed by atoms with Crippen molar-refractivity contribution in [3.05, 3.63) is 22.4 Å². The number of hydrogen-bond acceptors (Lipinski definition) is 3. The van der Waals surface area contributed by atoms with Gasteiger partial charge in [-0.1, -0.05) is 0 Å². The number of thiophene rings is 1. The van der Waals surface area contributed by atoms with Crippen LogP contribution in [0.2, 0.25) is 0 Å². The van der Waals surface area contributed by atoms with Crippen LogP contribution in [0, 0.1) is 0 Å². The quantitative estimate of drug-likeness (QED) is 0.594. The molecule has 3 heteroatoms. The van der Waals surface area contributed by atoms with Gasteiger partial charge in [0.25, 0.3) is 0 Å². The van der Waals surface area contributed by atoms with Gasteiger partial charge in [0.2, 0.25) is 0 Å². The van der Waals surface area contributed by atoms with Crippen LogP contribution in [0.4, 0.5) is 0 Å². The van der Waals surface area contributed by atoms with Crippen LogP contribution >= 0.6 is 11.3 Å². The minimum absolute atomic E-state index is 0.559. The lowest BCUT2D eigenvalue weighted by Gasteiger charge is -1.98. The maximum absolute atomic E-state index is 8.71. The number of aliphatic hydroxyl groups is 1. The van der Waals surface area contributed by atoms with Crippen molar-refractivity contribution in [2.45, 2.75) is 12.6 Å². The Morgan fingerprint density at radius 3 is 3.00 bits per heavy atom. The van der Waals surface area contributed by atoms with Gasteiger partial charge >= 0.3 is 0 Å². The van der Waals surface area contributed by atoms with Crippen molar-refractivity contribution in [2.75, 3.05) is 0 Å². The largest absolute Gasteiger partial charge is 0.378 e. The van der Waals surface area contributed by atoms with E-state index in [-0.39, 0.29) is 0 Å². The minimum atomic E-state index is -0.709. The van der Waals surface area contributed by atoms with Gasteiger partial charge in [0, 0.05) is 6.42 Å². The Kier molecular flexibility index (Phi) is 2.22. The first-order valence-corrected chi connectivity index (χ1v) is 3.68. The van der Waals surface area contributed by atoms with E-state index in [1.165, 1.54) is 0 Å². The van der Waals surface area contributed by atoms with Gasteiger partial charge in [-0.2, -0.15) is 11.3 Å². The van der Waals surface area contributed by atoms with Gasteiger partial charge in [-0.15, -0.1) is 0 Å². The van der Waals surface area contributed by atoms with Crippen molar-refractivity contribution in [2.24, 2.45) is 5.73 Å². The van der Waals surface area contributed by atoms with E-state index < -0.39 is 6.23 Å². The maximum atomic E-state index is 8.71. The number of nitrogens with two attached hydrogens (primary N) is 1. The maximum Gasteiger partial charge on any atom is 0.106 e. The first-order chi connectivity index (χ1) is 4.29. The summed E-state index contributed by atoms with van der Waals surface area (Å²) in [6.45, 7) is 0. The number of aliphatic hydroxyl groups excluding tert-OH is 1. The Bertz CT molecular complexity index is 160. The second kappa shape index (κ2) is 2.96. The summed E-state index contributed by atoms with van der Waals surface area (Å²) >= 11 is 1.61. The van der Waals surface area contributed by atoms with E-state index in [2.05, 4.69) is 0 Å². The second-order valence-electron chi connectivity index (χ2n) is 1.90. The Balaban J connectivity index is 2.48. The van der Waals surface area contributed by atoms with Crippen molar-refractivity contribution < 1.29 is 5.11 Å². The molecule has 1 aromatic heterocycles. The van der Waals surface area contributed by atoms with Gasteiger partial charge in [0.1, 0.15) is 6.23 Å².